The van der Waals surface area contributed by atoms with Crippen molar-refractivity contribution >= 4 is 21.4 Å². The fraction of sp³-hybridized carbons (Fsp3) is 0.409. The first-order valence-corrected chi connectivity index (χ1v) is 11.7. The maximum Gasteiger partial charge on any atom is 0.416 e. The second-order valence-electron chi connectivity index (χ2n) is 7.84. The van der Waals surface area contributed by atoms with E-state index in [1.165, 1.54) is 16.5 Å². The number of sulfone groups is 1. The molecule has 2 aromatic carbocycles. The molecule has 0 atom stereocenters. The fourth-order valence-electron chi connectivity index (χ4n) is 4.25. The third-order valence-electron chi connectivity index (χ3n) is 5.84. The van der Waals surface area contributed by atoms with Gasteiger partial charge in [-0.25, -0.2) is 8.42 Å². The van der Waals surface area contributed by atoms with Crippen LogP contribution in [0.25, 0.3) is 0 Å². The lowest BCUT2D eigenvalue weighted by atomic mass is 9.98. The third-order valence-corrected chi connectivity index (χ3v) is 7.55. The molecule has 0 N–H and O–H groups in total. The molecule has 0 radical (unpaired) electrons. The molecule has 1 aliphatic heterocycles. The molecule has 1 heterocycles. The van der Waals surface area contributed by atoms with Crippen LogP contribution >= 0.6 is 0 Å². The van der Waals surface area contributed by atoms with Gasteiger partial charge in [0.2, 0.25) is 5.91 Å². The van der Waals surface area contributed by atoms with Crippen molar-refractivity contribution in [3.63, 3.8) is 0 Å². The molecule has 2 aromatic rings. The number of aryl methyl sites for hydroxylation is 3. The van der Waals surface area contributed by atoms with Gasteiger partial charge in [-0.1, -0.05) is 6.07 Å². The Morgan fingerprint density at radius 3 is 2.43 bits per heavy atom. The quantitative estimate of drug-likeness (QED) is 0.715. The number of fused-ring (bicyclic) bond motifs is 2. The molecular weight excluding hydrogens is 415 g/mol. The Morgan fingerprint density at radius 1 is 0.933 bits per heavy atom. The Labute approximate surface area is 173 Å². The van der Waals surface area contributed by atoms with Crippen LogP contribution in [0.5, 0.6) is 0 Å². The molecule has 4 nitrogen and oxygen atoms in total. The summed E-state index contributed by atoms with van der Waals surface area (Å²) >= 11 is 0. The highest BCUT2D eigenvalue weighted by Crippen LogP contribution is 2.35. The largest absolute Gasteiger partial charge is 0.416 e. The third kappa shape index (κ3) is 4.10. The number of rotatable bonds is 4. The summed E-state index contributed by atoms with van der Waals surface area (Å²) in [6.07, 6.45) is -0.818. The smallest absolute Gasteiger partial charge is 0.312 e. The zero-order valence-corrected chi connectivity index (χ0v) is 17.2. The summed E-state index contributed by atoms with van der Waals surface area (Å²) in [7, 11) is -3.62. The summed E-state index contributed by atoms with van der Waals surface area (Å²) in [5.41, 5.74) is 2.39. The van der Waals surface area contributed by atoms with Gasteiger partial charge in [0.05, 0.1) is 16.2 Å². The minimum absolute atomic E-state index is 0.208. The molecule has 30 heavy (non-hydrogen) atoms. The first-order valence-electron chi connectivity index (χ1n) is 10.0. The summed E-state index contributed by atoms with van der Waals surface area (Å²) in [6.45, 7) is 0.371. The first kappa shape index (κ1) is 20.9. The molecule has 1 amide bonds. The number of benzene rings is 2. The van der Waals surface area contributed by atoms with E-state index in [0.717, 1.165) is 37.0 Å². The van der Waals surface area contributed by atoms with Crippen molar-refractivity contribution in [1.82, 2.24) is 0 Å². The lowest BCUT2D eigenvalue weighted by molar-refractivity contribution is -0.137. The van der Waals surface area contributed by atoms with Gasteiger partial charge in [-0.3, -0.25) is 4.79 Å². The number of nitrogens with zero attached hydrogens (tertiary/aromatic N) is 1. The van der Waals surface area contributed by atoms with Crippen molar-refractivity contribution in [2.24, 2.45) is 0 Å². The lowest BCUT2D eigenvalue weighted by Gasteiger charge is -2.30. The van der Waals surface area contributed by atoms with Gasteiger partial charge in [0, 0.05) is 18.7 Å². The minimum Gasteiger partial charge on any atom is -0.312 e. The Kier molecular flexibility index (Phi) is 5.38. The minimum atomic E-state index is -4.44. The number of hydrogen-bond acceptors (Lipinski definition) is 3. The summed E-state index contributed by atoms with van der Waals surface area (Å²) in [5, 5.41) is 0. The van der Waals surface area contributed by atoms with E-state index in [4.69, 9.17) is 0 Å². The fourth-order valence-corrected chi connectivity index (χ4v) is 5.52. The molecule has 0 spiro atoms. The van der Waals surface area contributed by atoms with E-state index in [-0.39, 0.29) is 23.0 Å². The number of amides is 1. The van der Waals surface area contributed by atoms with E-state index >= 15 is 0 Å². The molecular formula is C22H22F3NO3S. The van der Waals surface area contributed by atoms with Gasteiger partial charge in [-0.05, 0) is 79.1 Å². The Balaban J connectivity index is 1.48. The molecule has 0 bridgehead atoms. The summed E-state index contributed by atoms with van der Waals surface area (Å²) in [5.74, 6) is -0.711. The van der Waals surface area contributed by atoms with E-state index in [1.54, 1.807) is 12.1 Å². The van der Waals surface area contributed by atoms with Crippen molar-refractivity contribution in [2.45, 2.75) is 49.6 Å². The van der Waals surface area contributed by atoms with Gasteiger partial charge in [-0.15, -0.1) is 0 Å². The average Bonchev–Trinajstić information content (AvgIpc) is 3.18. The van der Waals surface area contributed by atoms with Gasteiger partial charge in [0.25, 0.3) is 0 Å². The molecule has 8 heteroatoms. The van der Waals surface area contributed by atoms with Crippen LogP contribution in [-0.4, -0.2) is 26.6 Å². The SMILES string of the molecule is O=C(CCS(=O)(=O)c1ccc2c(c1)CCC2)N1CCCc2cc(C(F)(F)F)ccc21. The van der Waals surface area contributed by atoms with Gasteiger partial charge < -0.3 is 4.90 Å². The number of alkyl halides is 3. The average molecular weight is 437 g/mol. The first-order chi connectivity index (χ1) is 14.1. The van der Waals surface area contributed by atoms with Crippen molar-refractivity contribution in [3.05, 3.63) is 58.7 Å². The van der Waals surface area contributed by atoms with E-state index in [2.05, 4.69) is 0 Å². The predicted molar refractivity (Wildman–Crippen MR) is 107 cm³/mol. The molecule has 2 aliphatic rings. The van der Waals surface area contributed by atoms with Crippen LogP contribution in [0.1, 0.15) is 41.5 Å². The Morgan fingerprint density at radius 2 is 1.67 bits per heavy atom. The summed E-state index contributed by atoms with van der Waals surface area (Å²) < 4.78 is 64.3. The zero-order valence-electron chi connectivity index (χ0n) is 16.3. The van der Waals surface area contributed by atoms with Crippen LogP contribution in [-0.2, 0) is 40.1 Å². The molecule has 0 saturated carbocycles. The van der Waals surface area contributed by atoms with Gasteiger partial charge in [0.1, 0.15) is 0 Å². The molecule has 0 aromatic heterocycles. The second-order valence-corrected chi connectivity index (χ2v) is 9.95. The van der Waals surface area contributed by atoms with Crippen molar-refractivity contribution < 1.29 is 26.4 Å². The maximum atomic E-state index is 13.0. The van der Waals surface area contributed by atoms with E-state index in [9.17, 15) is 26.4 Å². The number of carbonyl (C=O) groups is 1. The Bertz CT molecular complexity index is 1090. The second kappa shape index (κ2) is 7.72. The highest BCUT2D eigenvalue weighted by atomic mass is 32.2. The van der Waals surface area contributed by atoms with Crippen LogP contribution in [0.3, 0.4) is 0 Å². The van der Waals surface area contributed by atoms with E-state index in [0.29, 0.717) is 30.6 Å². The molecule has 160 valence electrons. The highest BCUT2D eigenvalue weighted by molar-refractivity contribution is 7.91. The number of carbonyl (C=O) groups excluding carboxylic acids is 1. The van der Waals surface area contributed by atoms with Gasteiger partial charge >= 0.3 is 6.18 Å². The van der Waals surface area contributed by atoms with Gasteiger partial charge in [0.15, 0.2) is 9.84 Å². The van der Waals surface area contributed by atoms with Crippen LogP contribution in [0.2, 0.25) is 0 Å². The predicted octanol–water partition coefficient (Wildman–Crippen LogP) is 4.34. The van der Waals surface area contributed by atoms with Crippen molar-refractivity contribution in [1.29, 1.82) is 0 Å². The monoisotopic (exact) mass is 437 g/mol. The normalized spacial score (nSPS) is 16.3. The van der Waals surface area contributed by atoms with Crippen LogP contribution < -0.4 is 4.90 Å². The van der Waals surface area contributed by atoms with Crippen LogP contribution in [0.15, 0.2) is 41.3 Å². The van der Waals surface area contributed by atoms with Crippen LogP contribution in [0, 0.1) is 0 Å². The highest BCUT2D eigenvalue weighted by Gasteiger charge is 2.33. The van der Waals surface area contributed by atoms with Crippen molar-refractivity contribution in [2.75, 3.05) is 17.2 Å². The van der Waals surface area contributed by atoms with E-state index in [1.807, 2.05) is 6.07 Å². The lowest BCUT2D eigenvalue weighted by Crippen LogP contribution is -2.36. The Hall–Kier alpha value is -2.35. The van der Waals surface area contributed by atoms with Crippen LogP contribution in [0.4, 0.5) is 18.9 Å². The molecule has 0 unspecified atom stereocenters. The molecule has 0 fully saturated rings. The van der Waals surface area contributed by atoms with E-state index < -0.39 is 21.6 Å². The number of anilines is 1. The van der Waals surface area contributed by atoms with Gasteiger partial charge in [-0.2, -0.15) is 13.2 Å². The topological polar surface area (TPSA) is 54.5 Å². The van der Waals surface area contributed by atoms with Crippen molar-refractivity contribution in [3.8, 4) is 0 Å². The maximum absolute atomic E-state index is 13.0. The number of hydrogen-bond donors (Lipinski definition) is 0. The number of halogens is 3. The zero-order chi connectivity index (χ0) is 21.5. The summed E-state index contributed by atoms with van der Waals surface area (Å²) in [6, 6.07) is 8.50. The molecule has 4 rings (SSSR count). The molecule has 0 saturated heterocycles. The standard InChI is InChI=1S/C22H22F3NO3S/c23-22(24,25)18-7-9-20-17(13-18)5-2-11-26(20)21(27)10-12-30(28,29)19-8-6-15-3-1-4-16(15)14-19/h6-9,13-14H,1-5,10-12H2. The molecule has 1 aliphatic carbocycles. The summed E-state index contributed by atoms with van der Waals surface area (Å²) in [4.78, 5) is 14.4.